The molecule has 3 aliphatic carbocycles. The third-order valence-electron chi connectivity index (χ3n) is 7.87. The van der Waals surface area contributed by atoms with Crippen LogP contribution in [-0.4, -0.2) is 46.9 Å². The molecule has 32 heavy (non-hydrogen) atoms. The number of nitrogen functional groups attached to an aromatic ring is 1. The number of morpholine rings is 1. The van der Waals surface area contributed by atoms with Crippen LogP contribution >= 0.6 is 0 Å². The van der Waals surface area contributed by atoms with Gasteiger partial charge in [-0.05, 0) is 56.9 Å². The quantitative estimate of drug-likeness (QED) is 0.749. The Balaban J connectivity index is 1.44. The number of pyridine rings is 1. The summed E-state index contributed by atoms with van der Waals surface area (Å²) in [5.74, 6) is 2.39. The summed E-state index contributed by atoms with van der Waals surface area (Å²) in [6.07, 6.45) is 9.81. The lowest BCUT2D eigenvalue weighted by molar-refractivity contribution is -0.0494. The van der Waals surface area contributed by atoms with E-state index >= 15 is 0 Å². The number of nitrogens with two attached hydrogens (primary N) is 1. The summed E-state index contributed by atoms with van der Waals surface area (Å²) in [6.45, 7) is -1.44. The molecule has 9 heteroatoms. The molecule has 2 saturated heterocycles. The third kappa shape index (κ3) is 3.37. The van der Waals surface area contributed by atoms with Gasteiger partial charge in [0.2, 0.25) is 0 Å². The van der Waals surface area contributed by atoms with Crippen LogP contribution in [0.1, 0.15) is 50.8 Å². The van der Waals surface area contributed by atoms with E-state index in [2.05, 4.69) is 14.6 Å². The summed E-state index contributed by atoms with van der Waals surface area (Å²) in [7, 11) is 0. The Morgan fingerprint density at radius 2 is 1.94 bits per heavy atom. The average Bonchev–Trinajstić information content (AvgIpc) is 3.45. The Labute approximate surface area is 185 Å². The molecule has 2 aliphatic heterocycles. The lowest BCUT2D eigenvalue weighted by Crippen LogP contribution is -2.41. The second-order valence-electron chi connectivity index (χ2n) is 9.68. The minimum atomic E-state index is -2.97. The van der Waals surface area contributed by atoms with Crippen LogP contribution in [0, 0.1) is 5.92 Å². The van der Waals surface area contributed by atoms with Crippen molar-refractivity contribution in [3.05, 3.63) is 24.2 Å². The van der Waals surface area contributed by atoms with Crippen molar-refractivity contribution in [1.29, 1.82) is 0 Å². The van der Waals surface area contributed by atoms with Gasteiger partial charge < -0.3 is 20.1 Å². The molecule has 4 heterocycles. The van der Waals surface area contributed by atoms with Gasteiger partial charge in [0, 0.05) is 29.8 Å². The van der Waals surface area contributed by atoms with Crippen LogP contribution in [0.2, 0.25) is 0 Å². The largest absolute Gasteiger partial charge is 0.431 e. The maximum Gasteiger partial charge on any atom is 0.387 e. The van der Waals surface area contributed by atoms with Crippen molar-refractivity contribution in [2.75, 3.05) is 23.8 Å². The zero-order valence-corrected chi connectivity index (χ0v) is 17.8. The number of alkyl halides is 2. The molecule has 3 saturated carbocycles. The second-order valence-corrected chi connectivity index (χ2v) is 9.68. The van der Waals surface area contributed by atoms with Crippen LogP contribution in [-0.2, 0) is 10.2 Å². The number of halogens is 2. The first-order valence-electron chi connectivity index (χ1n) is 11.5. The van der Waals surface area contributed by atoms with Crippen molar-refractivity contribution in [2.24, 2.45) is 5.92 Å². The second kappa shape index (κ2) is 7.50. The zero-order valence-electron chi connectivity index (χ0n) is 17.8. The highest BCUT2D eigenvalue weighted by molar-refractivity contribution is 5.67. The molecule has 0 amide bonds. The SMILES string of the molecule is Nc1ncc(-c2cc(N3CC4CC3CO4)nc(C34CCC(CC3)CC4)n2)cc1OC(F)F. The van der Waals surface area contributed by atoms with Gasteiger partial charge in [-0.1, -0.05) is 0 Å². The molecule has 7 nitrogen and oxygen atoms in total. The van der Waals surface area contributed by atoms with E-state index in [0.29, 0.717) is 23.9 Å². The Kier molecular flexibility index (Phi) is 4.71. The lowest BCUT2D eigenvalue weighted by Gasteiger charge is -2.45. The third-order valence-corrected chi connectivity index (χ3v) is 7.87. The van der Waals surface area contributed by atoms with E-state index in [-0.39, 0.29) is 23.1 Å². The van der Waals surface area contributed by atoms with Crippen LogP contribution in [0.25, 0.3) is 11.3 Å². The summed E-state index contributed by atoms with van der Waals surface area (Å²) in [5.41, 5.74) is 7.02. The highest BCUT2D eigenvalue weighted by atomic mass is 19.3. The molecule has 7 rings (SSSR count). The Hall–Kier alpha value is -2.55. The van der Waals surface area contributed by atoms with Gasteiger partial charge >= 0.3 is 6.61 Å². The van der Waals surface area contributed by atoms with E-state index in [1.54, 1.807) is 6.20 Å². The van der Waals surface area contributed by atoms with Crippen molar-refractivity contribution in [2.45, 2.75) is 69.1 Å². The topological polar surface area (TPSA) is 86.4 Å². The monoisotopic (exact) mass is 443 g/mol. The van der Waals surface area contributed by atoms with Gasteiger partial charge in [0.1, 0.15) is 11.6 Å². The number of anilines is 2. The number of hydrogen-bond donors (Lipinski definition) is 1. The summed E-state index contributed by atoms with van der Waals surface area (Å²) in [6, 6.07) is 3.76. The van der Waals surface area contributed by atoms with Crippen molar-refractivity contribution in [3.8, 4) is 17.0 Å². The normalized spacial score (nSPS) is 31.0. The first-order valence-corrected chi connectivity index (χ1v) is 11.5. The van der Waals surface area contributed by atoms with Gasteiger partial charge in [-0.3, -0.25) is 0 Å². The summed E-state index contributed by atoms with van der Waals surface area (Å²) in [5, 5.41) is 0. The van der Waals surface area contributed by atoms with E-state index < -0.39 is 6.61 Å². The lowest BCUT2D eigenvalue weighted by atomic mass is 9.60. The Morgan fingerprint density at radius 3 is 2.59 bits per heavy atom. The fourth-order valence-electron chi connectivity index (χ4n) is 6.02. The van der Waals surface area contributed by atoms with Crippen molar-refractivity contribution in [3.63, 3.8) is 0 Å². The van der Waals surface area contributed by atoms with Gasteiger partial charge in [-0.25, -0.2) is 15.0 Å². The van der Waals surface area contributed by atoms with Crippen LogP contribution in [0.4, 0.5) is 20.4 Å². The van der Waals surface area contributed by atoms with Crippen LogP contribution in [0.5, 0.6) is 5.75 Å². The molecule has 4 bridgehead atoms. The standard InChI is InChI=1S/C23H27F2N5O2/c24-22(25)32-18-7-14(10-27-20(18)26)17-9-19(30-11-16-8-15(30)12-31-16)29-21(28-17)23-4-1-13(2-5-23)3-6-23/h7,9-10,13,15-16,22H,1-6,8,11-12H2,(H2,26,27). The molecule has 2 aromatic rings. The van der Waals surface area contributed by atoms with E-state index in [0.717, 1.165) is 49.8 Å². The maximum absolute atomic E-state index is 12.8. The fraction of sp³-hybridized carbons (Fsp3) is 0.609. The molecule has 2 aromatic heterocycles. The number of rotatable bonds is 5. The van der Waals surface area contributed by atoms with Crippen molar-refractivity contribution < 1.29 is 18.3 Å². The molecule has 2 unspecified atom stereocenters. The molecule has 2 atom stereocenters. The van der Waals surface area contributed by atoms with Crippen molar-refractivity contribution >= 4 is 11.6 Å². The summed E-state index contributed by atoms with van der Waals surface area (Å²) < 4.78 is 36.1. The first kappa shape index (κ1) is 20.1. The highest BCUT2D eigenvalue weighted by Gasteiger charge is 2.45. The van der Waals surface area contributed by atoms with Gasteiger partial charge in [-0.15, -0.1) is 0 Å². The maximum atomic E-state index is 12.8. The number of aromatic nitrogens is 3. The predicted octanol–water partition coefficient (Wildman–Crippen LogP) is 3.92. The predicted molar refractivity (Wildman–Crippen MR) is 115 cm³/mol. The van der Waals surface area contributed by atoms with E-state index in [4.69, 9.17) is 20.4 Å². The minimum absolute atomic E-state index is 0.00170. The minimum Gasteiger partial charge on any atom is -0.431 e. The zero-order chi connectivity index (χ0) is 21.9. The molecule has 2 N–H and O–H groups in total. The smallest absolute Gasteiger partial charge is 0.387 e. The fourth-order valence-corrected chi connectivity index (χ4v) is 6.02. The highest BCUT2D eigenvalue weighted by Crippen LogP contribution is 2.51. The molecule has 5 aliphatic rings. The molecule has 170 valence electrons. The van der Waals surface area contributed by atoms with Gasteiger partial charge in [0.05, 0.1) is 24.4 Å². The van der Waals surface area contributed by atoms with Gasteiger partial charge in [-0.2, -0.15) is 8.78 Å². The molecule has 5 fully saturated rings. The Bertz CT molecular complexity index is 1010. The van der Waals surface area contributed by atoms with E-state index in [1.165, 1.54) is 25.3 Å². The number of hydrogen-bond acceptors (Lipinski definition) is 7. The van der Waals surface area contributed by atoms with E-state index in [1.807, 2.05) is 6.07 Å². The van der Waals surface area contributed by atoms with Crippen LogP contribution in [0.3, 0.4) is 0 Å². The molecular formula is C23H27F2N5O2. The van der Waals surface area contributed by atoms with E-state index in [9.17, 15) is 8.78 Å². The number of nitrogens with zero attached hydrogens (tertiary/aromatic N) is 4. The van der Waals surface area contributed by atoms with Crippen molar-refractivity contribution in [1.82, 2.24) is 15.0 Å². The Morgan fingerprint density at radius 1 is 1.16 bits per heavy atom. The van der Waals surface area contributed by atoms with Gasteiger partial charge in [0.15, 0.2) is 11.6 Å². The van der Waals surface area contributed by atoms with Crippen LogP contribution in [0.15, 0.2) is 18.3 Å². The molecule has 0 radical (unpaired) electrons. The summed E-state index contributed by atoms with van der Waals surface area (Å²) in [4.78, 5) is 16.5. The molecule has 0 spiro atoms. The average molecular weight is 443 g/mol. The number of ether oxygens (including phenoxy) is 2. The molecule has 0 aromatic carbocycles. The van der Waals surface area contributed by atoms with Crippen LogP contribution < -0.4 is 15.4 Å². The first-order chi connectivity index (χ1) is 15.5. The molecular weight excluding hydrogens is 416 g/mol. The number of fused-ring (bicyclic) bond motifs is 5. The van der Waals surface area contributed by atoms with Gasteiger partial charge in [0.25, 0.3) is 0 Å². The summed E-state index contributed by atoms with van der Waals surface area (Å²) >= 11 is 0.